The van der Waals surface area contributed by atoms with Crippen LogP contribution in [0.5, 0.6) is 0 Å². The van der Waals surface area contributed by atoms with E-state index in [0.29, 0.717) is 11.8 Å². The van der Waals surface area contributed by atoms with Gasteiger partial charge in [-0.05, 0) is 52.7 Å². The van der Waals surface area contributed by atoms with Crippen molar-refractivity contribution in [2.45, 2.75) is 27.2 Å². The van der Waals surface area contributed by atoms with Gasteiger partial charge in [-0.25, -0.2) is 0 Å². The van der Waals surface area contributed by atoms with E-state index in [9.17, 15) is 4.79 Å². The zero-order chi connectivity index (χ0) is 12.6. The van der Waals surface area contributed by atoms with Crippen LogP contribution in [-0.2, 0) is 0 Å². The summed E-state index contributed by atoms with van der Waals surface area (Å²) in [6.45, 7) is 8.34. The Bertz CT molecular complexity index is 408. The van der Waals surface area contributed by atoms with Gasteiger partial charge in [-0.1, -0.05) is 13.8 Å². The molecule has 0 saturated carbocycles. The lowest BCUT2D eigenvalue weighted by atomic mass is 9.95. The maximum atomic E-state index is 12.3. The van der Waals surface area contributed by atoms with Gasteiger partial charge in [0.25, 0.3) is 5.91 Å². The molecule has 0 bridgehead atoms. The minimum atomic E-state index is 0.201. The molecular formula is C13H18BrNOS. The number of rotatable bonds is 2. The summed E-state index contributed by atoms with van der Waals surface area (Å²) in [5.41, 5.74) is 1.15. The number of halogens is 1. The molecule has 1 aromatic heterocycles. The minimum absolute atomic E-state index is 0.201. The first-order valence-electron chi connectivity index (χ1n) is 6.04. The normalized spacial score (nSPS) is 20.3. The Balaban J connectivity index is 2.07. The van der Waals surface area contributed by atoms with Gasteiger partial charge in [0, 0.05) is 13.1 Å². The van der Waals surface area contributed by atoms with Gasteiger partial charge in [-0.3, -0.25) is 4.79 Å². The molecule has 1 aliphatic heterocycles. The van der Waals surface area contributed by atoms with E-state index < -0.39 is 0 Å². The number of aryl methyl sites for hydroxylation is 1. The molecule has 1 aliphatic rings. The third-order valence-corrected chi connectivity index (χ3v) is 5.65. The van der Waals surface area contributed by atoms with E-state index in [2.05, 4.69) is 29.8 Å². The smallest absolute Gasteiger partial charge is 0.263 e. The molecule has 2 nitrogen and oxygen atoms in total. The van der Waals surface area contributed by atoms with Crippen molar-refractivity contribution in [3.8, 4) is 0 Å². The van der Waals surface area contributed by atoms with Crippen molar-refractivity contribution in [3.05, 3.63) is 20.3 Å². The number of hydrogen-bond donors (Lipinski definition) is 0. The monoisotopic (exact) mass is 315 g/mol. The molecule has 1 atom stereocenters. The lowest BCUT2D eigenvalue weighted by molar-refractivity contribution is 0.0789. The zero-order valence-corrected chi connectivity index (χ0v) is 12.9. The van der Waals surface area contributed by atoms with Crippen LogP contribution in [0.4, 0.5) is 0 Å². The van der Waals surface area contributed by atoms with Crippen LogP contribution >= 0.6 is 27.3 Å². The van der Waals surface area contributed by atoms with Crippen LogP contribution in [0.25, 0.3) is 0 Å². The highest BCUT2D eigenvalue weighted by molar-refractivity contribution is 9.11. The molecule has 1 amide bonds. The molecular weight excluding hydrogens is 298 g/mol. The number of amides is 1. The van der Waals surface area contributed by atoms with Crippen molar-refractivity contribution >= 4 is 33.2 Å². The van der Waals surface area contributed by atoms with E-state index in [0.717, 1.165) is 33.7 Å². The fourth-order valence-corrected chi connectivity index (χ4v) is 3.74. The first-order chi connectivity index (χ1) is 7.99. The van der Waals surface area contributed by atoms with Gasteiger partial charge in [0.05, 0.1) is 8.66 Å². The number of nitrogens with zero attached hydrogens (tertiary/aromatic N) is 1. The quantitative estimate of drug-likeness (QED) is 0.809. The molecule has 17 heavy (non-hydrogen) atoms. The second-order valence-electron chi connectivity index (χ2n) is 5.11. The molecule has 94 valence electrons. The summed E-state index contributed by atoms with van der Waals surface area (Å²) in [4.78, 5) is 15.2. The molecule has 1 unspecified atom stereocenters. The van der Waals surface area contributed by atoms with Crippen LogP contribution in [0.3, 0.4) is 0 Å². The Morgan fingerprint density at radius 3 is 2.76 bits per heavy atom. The van der Waals surface area contributed by atoms with Gasteiger partial charge in [0.15, 0.2) is 0 Å². The van der Waals surface area contributed by atoms with Crippen LogP contribution < -0.4 is 0 Å². The van der Waals surface area contributed by atoms with E-state index in [1.54, 1.807) is 11.3 Å². The van der Waals surface area contributed by atoms with Crippen molar-refractivity contribution in [2.24, 2.45) is 11.8 Å². The molecule has 1 aromatic rings. The highest BCUT2D eigenvalue weighted by Crippen LogP contribution is 2.30. The maximum absolute atomic E-state index is 12.3. The molecule has 0 N–H and O–H groups in total. The van der Waals surface area contributed by atoms with Crippen LogP contribution in [0.2, 0.25) is 0 Å². The van der Waals surface area contributed by atoms with Gasteiger partial charge in [0.2, 0.25) is 0 Å². The van der Waals surface area contributed by atoms with Gasteiger partial charge in [-0.15, -0.1) is 11.3 Å². The Morgan fingerprint density at radius 1 is 1.59 bits per heavy atom. The SMILES string of the molecule is Cc1cc(C(=O)N2CCC(C(C)C)C2)sc1Br. The standard InChI is InChI=1S/C13H18BrNOS/c1-8(2)10-4-5-15(7-10)13(16)11-6-9(3)12(14)17-11/h6,8,10H,4-5,7H2,1-3H3. The molecule has 0 aliphatic carbocycles. The van der Waals surface area contributed by atoms with Crippen LogP contribution in [-0.4, -0.2) is 23.9 Å². The van der Waals surface area contributed by atoms with Crippen LogP contribution in [0, 0.1) is 18.8 Å². The molecule has 1 fully saturated rings. The third kappa shape index (κ3) is 2.74. The Hall–Kier alpha value is -0.350. The van der Waals surface area contributed by atoms with Gasteiger partial charge in [-0.2, -0.15) is 0 Å². The molecule has 4 heteroatoms. The van der Waals surface area contributed by atoms with Crippen LogP contribution in [0.1, 0.15) is 35.5 Å². The van der Waals surface area contributed by atoms with E-state index in [1.807, 2.05) is 17.9 Å². The van der Waals surface area contributed by atoms with Crippen molar-refractivity contribution < 1.29 is 4.79 Å². The largest absolute Gasteiger partial charge is 0.338 e. The highest BCUT2D eigenvalue weighted by Gasteiger charge is 2.29. The zero-order valence-electron chi connectivity index (χ0n) is 10.5. The van der Waals surface area contributed by atoms with Crippen molar-refractivity contribution in [1.29, 1.82) is 0 Å². The Labute approximate surface area is 115 Å². The topological polar surface area (TPSA) is 20.3 Å². The highest BCUT2D eigenvalue weighted by atomic mass is 79.9. The number of likely N-dealkylation sites (tertiary alicyclic amines) is 1. The van der Waals surface area contributed by atoms with Gasteiger partial charge in [0.1, 0.15) is 0 Å². The minimum Gasteiger partial charge on any atom is -0.338 e. The van der Waals surface area contributed by atoms with Crippen LogP contribution in [0.15, 0.2) is 9.85 Å². The van der Waals surface area contributed by atoms with E-state index in [4.69, 9.17) is 0 Å². The fourth-order valence-electron chi connectivity index (χ4n) is 2.24. The number of hydrogen-bond acceptors (Lipinski definition) is 2. The second-order valence-corrected chi connectivity index (χ2v) is 7.48. The Morgan fingerprint density at radius 2 is 2.29 bits per heavy atom. The summed E-state index contributed by atoms with van der Waals surface area (Å²) in [6, 6.07) is 1.99. The lowest BCUT2D eigenvalue weighted by Gasteiger charge is -2.17. The Kier molecular flexibility index (Phi) is 3.93. The van der Waals surface area contributed by atoms with Crippen molar-refractivity contribution in [3.63, 3.8) is 0 Å². The molecule has 1 saturated heterocycles. The van der Waals surface area contributed by atoms with Crippen molar-refractivity contribution in [2.75, 3.05) is 13.1 Å². The first kappa shape index (κ1) is 13.1. The predicted octanol–water partition coefficient (Wildman–Crippen LogP) is 3.94. The van der Waals surface area contributed by atoms with Crippen molar-refractivity contribution in [1.82, 2.24) is 4.90 Å². The summed E-state index contributed by atoms with van der Waals surface area (Å²) in [7, 11) is 0. The van der Waals surface area contributed by atoms with E-state index in [-0.39, 0.29) is 5.91 Å². The molecule has 0 radical (unpaired) electrons. The maximum Gasteiger partial charge on any atom is 0.263 e. The summed E-state index contributed by atoms with van der Waals surface area (Å²) in [5, 5.41) is 0. The summed E-state index contributed by atoms with van der Waals surface area (Å²) in [5.74, 6) is 1.54. The predicted molar refractivity (Wildman–Crippen MR) is 75.6 cm³/mol. The third-order valence-electron chi connectivity index (χ3n) is 3.52. The fraction of sp³-hybridized carbons (Fsp3) is 0.615. The molecule has 2 heterocycles. The number of thiophene rings is 1. The molecule has 2 rings (SSSR count). The van der Waals surface area contributed by atoms with E-state index in [1.165, 1.54) is 0 Å². The second kappa shape index (κ2) is 5.11. The first-order valence-corrected chi connectivity index (χ1v) is 7.65. The number of carbonyl (C=O) groups excluding carboxylic acids is 1. The summed E-state index contributed by atoms with van der Waals surface area (Å²) in [6.07, 6.45) is 1.15. The van der Waals surface area contributed by atoms with E-state index >= 15 is 0 Å². The molecule has 0 spiro atoms. The summed E-state index contributed by atoms with van der Waals surface area (Å²) < 4.78 is 1.07. The average molecular weight is 316 g/mol. The lowest BCUT2D eigenvalue weighted by Crippen LogP contribution is -2.28. The van der Waals surface area contributed by atoms with Gasteiger partial charge < -0.3 is 4.90 Å². The summed E-state index contributed by atoms with van der Waals surface area (Å²) >= 11 is 5.02. The average Bonchev–Trinajstić information content (AvgIpc) is 2.86. The molecule has 0 aromatic carbocycles. The van der Waals surface area contributed by atoms with Gasteiger partial charge >= 0.3 is 0 Å². The number of carbonyl (C=O) groups is 1.